The topological polar surface area (TPSA) is 50.3 Å². The highest BCUT2D eigenvalue weighted by Crippen LogP contribution is 2.34. The molecule has 1 aromatic rings. The molecule has 0 radical (unpaired) electrons. The molecule has 1 aromatic heterocycles. The number of ketones is 1. The van der Waals surface area contributed by atoms with Gasteiger partial charge in [-0.15, -0.1) is 0 Å². The minimum Gasteiger partial charge on any atom is -0.302 e. The van der Waals surface area contributed by atoms with E-state index in [4.69, 9.17) is 23.2 Å². The van der Waals surface area contributed by atoms with E-state index in [1.54, 1.807) is 0 Å². The summed E-state index contributed by atoms with van der Waals surface area (Å²) in [5.41, 5.74) is 0.365. The molecule has 2 heterocycles. The molecule has 0 atom stereocenters. The van der Waals surface area contributed by atoms with Crippen LogP contribution in [0.4, 0.5) is 5.69 Å². The normalized spacial score (nSPS) is 16.3. The van der Waals surface area contributed by atoms with Crippen LogP contribution in [0.2, 0.25) is 10.0 Å². The van der Waals surface area contributed by atoms with Crippen LogP contribution in [0.3, 0.4) is 0 Å². The maximum atomic E-state index is 11.5. The van der Waals surface area contributed by atoms with Crippen molar-refractivity contribution in [2.45, 2.75) is 6.42 Å². The largest absolute Gasteiger partial charge is 0.302 e. The molecule has 2 rings (SSSR count). The zero-order valence-corrected chi connectivity index (χ0v) is 9.05. The monoisotopic (exact) mass is 244 g/mol. The lowest BCUT2D eigenvalue weighted by Crippen LogP contribution is -2.25. The van der Waals surface area contributed by atoms with Gasteiger partial charge in [-0.3, -0.25) is 14.6 Å². The number of hydrogen-bond donors (Lipinski definition) is 0. The summed E-state index contributed by atoms with van der Waals surface area (Å²) in [4.78, 5) is 27.6. The van der Waals surface area contributed by atoms with Crippen molar-refractivity contribution in [3.8, 4) is 0 Å². The van der Waals surface area contributed by atoms with Crippen molar-refractivity contribution in [2.24, 2.45) is 0 Å². The van der Waals surface area contributed by atoms with Crippen LogP contribution in [0.15, 0.2) is 12.4 Å². The fourth-order valence-electron chi connectivity index (χ4n) is 1.45. The van der Waals surface area contributed by atoms with E-state index in [1.165, 1.54) is 17.3 Å². The molecule has 6 heteroatoms. The molecule has 1 aliphatic rings. The molecular weight excluding hydrogens is 239 g/mol. The minimum absolute atomic E-state index is 0.0300. The van der Waals surface area contributed by atoms with Crippen molar-refractivity contribution < 1.29 is 9.59 Å². The number of carbonyl (C=O) groups excluding carboxylic acids is 2. The molecule has 1 saturated heterocycles. The van der Waals surface area contributed by atoms with Crippen molar-refractivity contribution in [3.63, 3.8) is 0 Å². The van der Waals surface area contributed by atoms with Gasteiger partial charge in [-0.1, -0.05) is 23.2 Å². The fraction of sp³-hybridized carbons (Fsp3) is 0.222. The molecule has 78 valence electrons. The van der Waals surface area contributed by atoms with E-state index < -0.39 is 0 Å². The summed E-state index contributed by atoms with van der Waals surface area (Å²) in [6.07, 6.45) is 2.69. The third kappa shape index (κ3) is 1.82. The second-order valence-electron chi connectivity index (χ2n) is 3.15. The van der Waals surface area contributed by atoms with Crippen LogP contribution < -0.4 is 4.90 Å². The van der Waals surface area contributed by atoms with E-state index in [-0.39, 0.29) is 34.7 Å². The summed E-state index contributed by atoms with van der Waals surface area (Å²) in [6, 6.07) is 0. The van der Waals surface area contributed by atoms with Crippen molar-refractivity contribution in [1.29, 1.82) is 0 Å². The lowest BCUT2D eigenvalue weighted by molar-refractivity contribution is -0.121. The number of carbonyl (C=O) groups is 2. The van der Waals surface area contributed by atoms with Crippen molar-refractivity contribution in [3.05, 3.63) is 22.4 Å². The predicted octanol–water partition coefficient (Wildman–Crippen LogP) is 1.69. The van der Waals surface area contributed by atoms with E-state index in [1.807, 2.05) is 0 Å². The number of pyridine rings is 1. The Balaban J connectivity index is 2.46. The van der Waals surface area contributed by atoms with E-state index in [0.29, 0.717) is 5.69 Å². The van der Waals surface area contributed by atoms with Crippen LogP contribution in [0.1, 0.15) is 6.42 Å². The van der Waals surface area contributed by atoms with Crippen LogP contribution in [0.25, 0.3) is 0 Å². The number of anilines is 1. The zero-order chi connectivity index (χ0) is 11.0. The molecule has 15 heavy (non-hydrogen) atoms. The van der Waals surface area contributed by atoms with Gasteiger partial charge in [0.25, 0.3) is 0 Å². The SMILES string of the molecule is O=C1CC(=O)N(c2c(Cl)cncc2Cl)C1. The van der Waals surface area contributed by atoms with Crippen LogP contribution in [-0.2, 0) is 9.59 Å². The zero-order valence-electron chi connectivity index (χ0n) is 7.54. The Hall–Kier alpha value is -1.13. The number of amides is 1. The first kappa shape index (κ1) is 10.4. The Morgan fingerprint density at radius 2 is 1.80 bits per heavy atom. The second-order valence-corrected chi connectivity index (χ2v) is 3.96. The second kappa shape index (κ2) is 3.79. The molecule has 0 bridgehead atoms. The van der Waals surface area contributed by atoms with E-state index in [2.05, 4.69) is 4.98 Å². The van der Waals surface area contributed by atoms with Gasteiger partial charge in [0.05, 0.1) is 28.7 Å². The standard InChI is InChI=1S/C9H6Cl2N2O2/c10-6-2-12-3-7(11)9(6)13-4-5(14)1-8(13)15/h2-3H,1,4H2. The van der Waals surface area contributed by atoms with Gasteiger partial charge in [-0.05, 0) is 0 Å². The number of hydrogen-bond acceptors (Lipinski definition) is 3. The molecule has 1 aliphatic heterocycles. The number of aromatic nitrogens is 1. The van der Waals surface area contributed by atoms with Crippen LogP contribution >= 0.6 is 23.2 Å². The Bertz CT molecular complexity index is 427. The highest BCUT2D eigenvalue weighted by molar-refractivity contribution is 6.40. The molecule has 0 saturated carbocycles. The number of rotatable bonds is 1. The Kier molecular flexibility index (Phi) is 2.63. The molecule has 0 aliphatic carbocycles. The highest BCUT2D eigenvalue weighted by atomic mass is 35.5. The van der Waals surface area contributed by atoms with Gasteiger partial charge >= 0.3 is 0 Å². The smallest absolute Gasteiger partial charge is 0.235 e. The molecule has 1 amide bonds. The molecule has 0 aromatic carbocycles. The number of halogens is 2. The van der Waals surface area contributed by atoms with Gasteiger partial charge in [-0.2, -0.15) is 0 Å². The van der Waals surface area contributed by atoms with Gasteiger partial charge in [0.2, 0.25) is 5.91 Å². The van der Waals surface area contributed by atoms with E-state index >= 15 is 0 Å². The van der Waals surface area contributed by atoms with Gasteiger partial charge in [-0.25, -0.2) is 0 Å². The van der Waals surface area contributed by atoms with Crippen molar-refractivity contribution >= 4 is 40.6 Å². The summed E-state index contributed by atoms with van der Waals surface area (Å²) in [6.45, 7) is 0.0300. The van der Waals surface area contributed by atoms with Crippen molar-refractivity contribution in [1.82, 2.24) is 4.98 Å². The fourth-order valence-corrected chi connectivity index (χ4v) is 2.02. The number of nitrogens with zero attached hydrogens (tertiary/aromatic N) is 2. The van der Waals surface area contributed by atoms with Gasteiger partial charge in [0.1, 0.15) is 0 Å². The quantitative estimate of drug-likeness (QED) is 0.707. The Labute approximate surface area is 95.8 Å². The summed E-state index contributed by atoms with van der Waals surface area (Å²) in [5.74, 6) is -0.418. The maximum absolute atomic E-state index is 11.5. The van der Waals surface area contributed by atoms with Crippen LogP contribution in [0, 0.1) is 0 Å². The molecule has 1 fully saturated rings. The highest BCUT2D eigenvalue weighted by Gasteiger charge is 2.31. The first-order valence-corrected chi connectivity index (χ1v) is 4.96. The third-order valence-electron chi connectivity index (χ3n) is 2.08. The first-order valence-electron chi connectivity index (χ1n) is 4.20. The molecule has 0 N–H and O–H groups in total. The first-order chi connectivity index (χ1) is 7.09. The molecule has 0 spiro atoms. The average molecular weight is 245 g/mol. The van der Waals surface area contributed by atoms with Crippen molar-refractivity contribution in [2.75, 3.05) is 11.4 Å². The summed E-state index contributed by atoms with van der Waals surface area (Å²) in [7, 11) is 0. The molecular formula is C9H6Cl2N2O2. The predicted molar refractivity (Wildman–Crippen MR) is 56.2 cm³/mol. The summed E-state index contributed by atoms with van der Waals surface area (Å²) < 4.78 is 0. The van der Waals surface area contributed by atoms with Crippen LogP contribution in [0.5, 0.6) is 0 Å². The molecule has 0 unspecified atom stereocenters. The summed E-state index contributed by atoms with van der Waals surface area (Å²) >= 11 is 11.7. The Morgan fingerprint density at radius 1 is 1.20 bits per heavy atom. The minimum atomic E-state index is -0.282. The Morgan fingerprint density at radius 3 is 2.27 bits per heavy atom. The van der Waals surface area contributed by atoms with Gasteiger partial charge in [0.15, 0.2) is 5.78 Å². The maximum Gasteiger partial charge on any atom is 0.235 e. The van der Waals surface area contributed by atoms with E-state index in [0.717, 1.165) is 0 Å². The van der Waals surface area contributed by atoms with E-state index in [9.17, 15) is 9.59 Å². The summed E-state index contributed by atoms with van der Waals surface area (Å²) in [5, 5.41) is 0.538. The van der Waals surface area contributed by atoms with Crippen LogP contribution in [-0.4, -0.2) is 23.2 Å². The van der Waals surface area contributed by atoms with Gasteiger partial charge < -0.3 is 4.90 Å². The van der Waals surface area contributed by atoms with Gasteiger partial charge in [0, 0.05) is 12.4 Å². The molecule has 4 nitrogen and oxygen atoms in total. The third-order valence-corrected chi connectivity index (χ3v) is 2.64. The lowest BCUT2D eigenvalue weighted by Gasteiger charge is -2.17. The number of Topliss-reactive ketones (excluding diaryl/α,β-unsaturated/α-hetero) is 1. The lowest BCUT2D eigenvalue weighted by atomic mass is 10.3. The average Bonchev–Trinajstić information content (AvgIpc) is 2.45.